The van der Waals surface area contributed by atoms with E-state index in [1.54, 1.807) is 36.4 Å². The third-order valence-corrected chi connectivity index (χ3v) is 4.23. The molecule has 1 heterocycles. The standard InChI is InChI=1S/C21H14N4O3/c26-21-17-11-5-6-12-18(17)23-20(15-8-2-1-3-9-15)24(21)22-14-16-10-4-7-13-19(16)25(27)28/h1-14H. The Morgan fingerprint density at radius 2 is 1.61 bits per heavy atom. The summed E-state index contributed by atoms with van der Waals surface area (Å²) in [6, 6.07) is 22.4. The van der Waals surface area contributed by atoms with Crippen molar-refractivity contribution in [3.8, 4) is 11.4 Å². The first-order valence-electron chi connectivity index (χ1n) is 8.50. The van der Waals surface area contributed by atoms with Crippen LogP contribution in [0.2, 0.25) is 0 Å². The molecule has 0 aliphatic carbocycles. The molecule has 0 saturated carbocycles. The average Bonchev–Trinajstić information content (AvgIpc) is 2.74. The molecule has 28 heavy (non-hydrogen) atoms. The maximum Gasteiger partial charge on any atom is 0.282 e. The molecule has 4 rings (SSSR count). The SMILES string of the molecule is O=c1c2ccccc2nc(-c2ccccc2)n1N=Cc1ccccc1[N+](=O)[O-]. The van der Waals surface area contributed by atoms with Gasteiger partial charge in [-0.1, -0.05) is 54.6 Å². The molecule has 0 spiro atoms. The molecule has 0 fully saturated rings. The van der Waals surface area contributed by atoms with Gasteiger partial charge in [-0.15, -0.1) is 0 Å². The highest BCUT2D eigenvalue weighted by molar-refractivity contribution is 5.85. The van der Waals surface area contributed by atoms with E-state index in [4.69, 9.17) is 0 Å². The Kier molecular flexibility index (Phi) is 4.47. The van der Waals surface area contributed by atoms with Crippen LogP contribution in [-0.4, -0.2) is 20.8 Å². The molecule has 0 atom stereocenters. The van der Waals surface area contributed by atoms with E-state index in [-0.39, 0.29) is 11.2 Å². The van der Waals surface area contributed by atoms with Crippen LogP contribution in [0.1, 0.15) is 5.56 Å². The highest BCUT2D eigenvalue weighted by Crippen LogP contribution is 2.19. The monoisotopic (exact) mass is 370 g/mol. The molecule has 3 aromatic carbocycles. The van der Waals surface area contributed by atoms with Crippen LogP contribution < -0.4 is 5.56 Å². The maximum absolute atomic E-state index is 13.0. The molecule has 0 amide bonds. The summed E-state index contributed by atoms with van der Waals surface area (Å²) >= 11 is 0. The van der Waals surface area contributed by atoms with Gasteiger partial charge >= 0.3 is 0 Å². The number of para-hydroxylation sites is 2. The van der Waals surface area contributed by atoms with Gasteiger partial charge in [0.05, 0.1) is 27.6 Å². The minimum Gasteiger partial charge on any atom is -0.267 e. The number of hydrogen-bond donors (Lipinski definition) is 0. The van der Waals surface area contributed by atoms with Crippen LogP contribution in [0.15, 0.2) is 88.8 Å². The lowest BCUT2D eigenvalue weighted by Crippen LogP contribution is -2.20. The van der Waals surface area contributed by atoms with Crippen LogP contribution in [-0.2, 0) is 0 Å². The van der Waals surface area contributed by atoms with Crippen molar-refractivity contribution in [2.75, 3.05) is 0 Å². The van der Waals surface area contributed by atoms with Gasteiger partial charge in [0.15, 0.2) is 5.82 Å². The van der Waals surface area contributed by atoms with Gasteiger partial charge in [0.2, 0.25) is 0 Å². The van der Waals surface area contributed by atoms with E-state index in [0.29, 0.717) is 27.9 Å². The van der Waals surface area contributed by atoms with Crippen molar-refractivity contribution in [2.24, 2.45) is 5.10 Å². The van der Waals surface area contributed by atoms with E-state index in [2.05, 4.69) is 10.1 Å². The Bertz CT molecular complexity index is 1260. The first-order chi connectivity index (χ1) is 13.6. The zero-order valence-corrected chi connectivity index (χ0v) is 14.6. The lowest BCUT2D eigenvalue weighted by Gasteiger charge is -2.09. The van der Waals surface area contributed by atoms with E-state index < -0.39 is 4.92 Å². The fourth-order valence-corrected chi connectivity index (χ4v) is 2.89. The molecule has 0 bridgehead atoms. The Hall–Kier alpha value is -4.13. The van der Waals surface area contributed by atoms with Gasteiger partial charge in [-0.05, 0) is 18.2 Å². The van der Waals surface area contributed by atoms with Gasteiger partial charge in [0.1, 0.15) is 0 Å². The Morgan fingerprint density at radius 3 is 2.39 bits per heavy atom. The molecule has 0 aliphatic heterocycles. The summed E-state index contributed by atoms with van der Waals surface area (Å²) < 4.78 is 1.17. The second kappa shape index (κ2) is 7.24. The van der Waals surface area contributed by atoms with E-state index >= 15 is 0 Å². The summed E-state index contributed by atoms with van der Waals surface area (Å²) in [5.41, 5.74) is 1.13. The Labute approximate surface area is 159 Å². The van der Waals surface area contributed by atoms with Gasteiger partial charge in [-0.25, -0.2) is 4.98 Å². The number of rotatable bonds is 4. The van der Waals surface area contributed by atoms with Crippen molar-refractivity contribution >= 4 is 22.8 Å². The van der Waals surface area contributed by atoms with Gasteiger partial charge in [0.25, 0.3) is 11.2 Å². The molecule has 1 aromatic heterocycles. The van der Waals surface area contributed by atoms with Crippen LogP contribution in [0.3, 0.4) is 0 Å². The Balaban J connectivity index is 1.95. The number of nitro benzene ring substituents is 1. The third kappa shape index (κ3) is 3.16. The van der Waals surface area contributed by atoms with Crippen LogP contribution >= 0.6 is 0 Å². The summed E-state index contributed by atoms with van der Waals surface area (Å²) in [7, 11) is 0. The molecule has 7 heteroatoms. The second-order valence-electron chi connectivity index (χ2n) is 6.00. The first-order valence-corrected chi connectivity index (χ1v) is 8.50. The fraction of sp³-hybridized carbons (Fsp3) is 0. The quantitative estimate of drug-likeness (QED) is 0.310. The molecule has 4 aromatic rings. The smallest absolute Gasteiger partial charge is 0.267 e. The summed E-state index contributed by atoms with van der Waals surface area (Å²) in [6.07, 6.45) is 1.31. The average molecular weight is 370 g/mol. The highest BCUT2D eigenvalue weighted by atomic mass is 16.6. The van der Waals surface area contributed by atoms with E-state index in [1.807, 2.05) is 36.4 Å². The van der Waals surface area contributed by atoms with Crippen molar-refractivity contribution < 1.29 is 4.92 Å². The normalized spacial score (nSPS) is 11.1. The summed E-state index contributed by atoms with van der Waals surface area (Å²) in [5, 5.41) is 15.9. The number of nitro groups is 1. The van der Waals surface area contributed by atoms with Crippen LogP contribution in [0.4, 0.5) is 5.69 Å². The van der Waals surface area contributed by atoms with E-state index in [0.717, 1.165) is 0 Å². The lowest BCUT2D eigenvalue weighted by atomic mass is 10.2. The minimum atomic E-state index is -0.485. The molecule has 0 unspecified atom stereocenters. The van der Waals surface area contributed by atoms with Crippen LogP contribution in [0.25, 0.3) is 22.3 Å². The molecular formula is C21H14N4O3. The molecule has 7 nitrogen and oxygen atoms in total. The number of fused-ring (bicyclic) bond motifs is 1. The predicted molar refractivity (Wildman–Crippen MR) is 108 cm³/mol. The number of nitrogens with zero attached hydrogens (tertiary/aromatic N) is 4. The molecule has 0 saturated heterocycles. The molecule has 0 aliphatic rings. The largest absolute Gasteiger partial charge is 0.282 e. The van der Waals surface area contributed by atoms with Crippen molar-refractivity contribution in [1.29, 1.82) is 0 Å². The Morgan fingerprint density at radius 1 is 0.929 bits per heavy atom. The van der Waals surface area contributed by atoms with E-state index in [1.165, 1.54) is 17.0 Å². The van der Waals surface area contributed by atoms with Gasteiger partial charge < -0.3 is 0 Å². The van der Waals surface area contributed by atoms with Gasteiger partial charge in [0, 0.05) is 11.6 Å². The molecular weight excluding hydrogens is 356 g/mol. The fourth-order valence-electron chi connectivity index (χ4n) is 2.89. The second-order valence-corrected chi connectivity index (χ2v) is 6.00. The number of hydrogen-bond acceptors (Lipinski definition) is 5. The first kappa shape index (κ1) is 17.3. The third-order valence-electron chi connectivity index (χ3n) is 4.23. The predicted octanol–water partition coefficient (Wildman–Crippen LogP) is 3.85. The van der Waals surface area contributed by atoms with Crippen molar-refractivity contribution in [2.45, 2.75) is 0 Å². The van der Waals surface area contributed by atoms with Crippen LogP contribution in [0.5, 0.6) is 0 Å². The summed E-state index contributed by atoms with van der Waals surface area (Å²) in [6.45, 7) is 0. The van der Waals surface area contributed by atoms with Crippen molar-refractivity contribution in [3.63, 3.8) is 0 Å². The summed E-state index contributed by atoms with van der Waals surface area (Å²) in [4.78, 5) is 28.4. The summed E-state index contributed by atoms with van der Waals surface area (Å²) in [5.74, 6) is 0.360. The maximum atomic E-state index is 13.0. The zero-order valence-electron chi connectivity index (χ0n) is 14.6. The number of aromatic nitrogens is 2. The van der Waals surface area contributed by atoms with Gasteiger partial charge in [-0.3, -0.25) is 14.9 Å². The lowest BCUT2D eigenvalue weighted by molar-refractivity contribution is -0.385. The minimum absolute atomic E-state index is 0.0886. The van der Waals surface area contributed by atoms with Gasteiger partial charge in [-0.2, -0.15) is 9.78 Å². The zero-order chi connectivity index (χ0) is 19.5. The van der Waals surface area contributed by atoms with E-state index in [9.17, 15) is 14.9 Å². The number of benzene rings is 3. The topological polar surface area (TPSA) is 90.4 Å². The van der Waals surface area contributed by atoms with Crippen molar-refractivity contribution in [3.05, 3.63) is 105 Å². The highest BCUT2D eigenvalue weighted by Gasteiger charge is 2.14. The molecule has 0 N–H and O–H groups in total. The van der Waals surface area contributed by atoms with Crippen LogP contribution in [0, 0.1) is 10.1 Å². The molecule has 0 radical (unpaired) electrons. The van der Waals surface area contributed by atoms with Crippen molar-refractivity contribution in [1.82, 2.24) is 9.66 Å². The molecule has 136 valence electrons.